The van der Waals surface area contributed by atoms with Crippen molar-refractivity contribution in [2.24, 2.45) is 5.73 Å². The lowest BCUT2D eigenvalue weighted by atomic mass is 9.93. The van der Waals surface area contributed by atoms with E-state index in [9.17, 15) is 0 Å². The Morgan fingerprint density at radius 3 is 2.57 bits per heavy atom. The molecule has 0 spiro atoms. The number of thiophene rings is 1. The van der Waals surface area contributed by atoms with Crippen molar-refractivity contribution in [1.82, 2.24) is 5.32 Å². The van der Waals surface area contributed by atoms with E-state index in [4.69, 9.17) is 10.5 Å². The third kappa shape index (κ3) is 4.84. The van der Waals surface area contributed by atoms with Crippen molar-refractivity contribution in [3.05, 3.63) is 52.2 Å². The van der Waals surface area contributed by atoms with Crippen LogP contribution in [0.5, 0.6) is 5.75 Å². The monoisotopic (exact) mass is 304 g/mol. The molecule has 1 atom stereocenters. The van der Waals surface area contributed by atoms with E-state index in [0.717, 1.165) is 25.1 Å². The average Bonchev–Trinajstić information content (AvgIpc) is 3.05. The molecule has 0 aliphatic carbocycles. The number of ether oxygens (including phenoxy) is 1. The van der Waals surface area contributed by atoms with Gasteiger partial charge < -0.3 is 15.8 Å². The first-order chi connectivity index (χ1) is 10.1. The van der Waals surface area contributed by atoms with Crippen molar-refractivity contribution in [2.45, 2.75) is 31.8 Å². The van der Waals surface area contributed by atoms with Gasteiger partial charge in [0.1, 0.15) is 5.75 Å². The van der Waals surface area contributed by atoms with E-state index in [2.05, 4.69) is 41.9 Å². The SMILES string of the molecule is COc1ccc(CCC(C)(CN)NCc2cccs2)cc1. The molecule has 1 unspecified atom stereocenters. The lowest BCUT2D eigenvalue weighted by molar-refractivity contribution is 0.338. The molecule has 0 aliphatic heterocycles. The zero-order valence-electron chi connectivity index (χ0n) is 12.8. The van der Waals surface area contributed by atoms with Gasteiger partial charge in [-0.05, 0) is 48.9 Å². The van der Waals surface area contributed by atoms with Crippen LogP contribution in [0.25, 0.3) is 0 Å². The van der Waals surface area contributed by atoms with Crippen LogP contribution in [0, 0.1) is 0 Å². The van der Waals surface area contributed by atoms with Gasteiger partial charge in [-0.1, -0.05) is 18.2 Å². The molecule has 0 bridgehead atoms. The highest BCUT2D eigenvalue weighted by Crippen LogP contribution is 2.18. The molecular formula is C17H24N2OS. The molecule has 1 aromatic carbocycles. The second-order valence-corrected chi connectivity index (χ2v) is 6.58. The molecule has 114 valence electrons. The quantitative estimate of drug-likeness (QED) is 0.787. The Kier molecular flexibility index (Phi) is 5.79. The summed E-state index contributed by atoms with van der Waals surface area (Å²) in [4.78, 5) is 1.35. The van der Waals surface area contributed by atoms with Crippen LogP contribution in [0.2, 0.25) is 0 Å². The molecule has 1 aromatic heterocycles. The molecule has 0 aliphatic rings. The number of methoxy groups -OCH3 is 1. The fourth-order valence-corrected chi connectivity index (χ4v) is 2.83. The van der Waals surface area contributed by atoms with Crippen LogP contribution >= 0.6 is 11.3 Å². The first-order valence-electron chi connectivity index (χ1n) is 7.25. The zero-order chi connectivity index (χ0) is 15.1. The number of benzene rings is 1. The van der Waals surface area contributed by atoms with E-state index in [1.165, 1.54) is 10.4 Å². The first kappa shape index (κ1) is 16.0. The zero-order valence-corrected chi connectivity index (χ0v) is 13.6. The van der Waals surface area contributed by atoms with E-state index in [1.807, 2.05) is 12.1 Å². The summed E-state index contributed by atoms with van der Waals surface area (Å²) >= 11 is 1.78. The summed E-state index contributed by atoms with van der Waals surface area (Å²) in [6, 6.07) is 12.5. The molecule has 3 N–H and O–H groups in total. The first-order valence-corrected chi connectivity index (χ1v) is 8.13. The molecule has 3 nitrogen and oxygen atoms in total. The molecule has 0 saturated heterocycles. The molecule has 1 heterocycles. The average molecular weight is 304 g/mol. The predicted octanol–water partition coefficient (Wildman–Crippen LogP) is 3.20. The van der Waals surface area contributed by atoms with Gasteiger partial charge in [0.2, 0.25) is 0 Å². The predicted molar refractivity (Wildman–Crippen MR) is 89.9 cm³/mol. The standard InChI is InChI=1S/C17H24N2OS/c1-17(13-18,19-12-16-4-3-11-21-16)10-9-14-5-7-15(20-2)8-6-14/h3-8,11,19H,9-10,12-13,18H2,1-2H3. The third-order valence-corrected chi connectivity index (χ3v) is 4.72. The van der Waals surface area contributed by atoms with Crippen molar-refractivity contribution in [3.8, 4) is 5.75 Å². The Bertz CT molecular complexity index is 524. The van der Waals surface area contributed by atoms with Gasteiger partial charge in [-0.15, -0.1) is 11.3 Å². The Morgan fingerprint density at radius 1 is 1.24 bits per heavy atom. The molecule has 0 radical (unpaired) electrons. The van der Waals surface area contributed by atoms with Crippen LogP contribution in [-0.4, -0.2) is 19.2 Å². The van der Waals surface area contributed by atoms with Crippen LogP contribution < -0.4 is 15.8 Å². The summed E-state index contributed by atoms with van der Waals surface area (Å²) in [5, 5.41) is 5.71. The van der Waals surface area contributed by atoms with Crippen molar-refractivity contribution in [1.29, 1.82) is 0 Å². The summed E-state index contributed by atoms with van der Waals surface area (Å²) < 4.78 is 5.18. The van der Waals surface area contributed by atoms with Crippen LogP contribution in [0.15, 0.2) is 41.8 Å². The van der Waals surface area contributed by atoms with Gasteiger partial charge in [0, 0.05) is 23.5 Å². The molecule has 0 fully saturated rings. The maximum absolute atomic E-state index is 5.98. The highest BCUT2D eigenvalue weighted by Gasteiger charge is 2.21. The topological polar surface area (TPSA) is 47.3 Å². The van der Waals surface area contributed by atoms with Gasteiger partial charge in [0.05, 0.1) is 7.11 Å². The van der Waals surface area contributed by atoms with E-state index in [1.54, 1.807) is 18.4 Å². The maximum atomic E-state index is 5.98. The van der Waals surface area contributed by atoms with Crippen molar-refractivity contribution < 1.29 is 4.74 Å². The molecule has 2 rings (SSSR count). The summed E-state index contributed by atoms with van der Waals surface area (Å²) in [5.41, 5.74) is 7.25. The minimum absolute atomic E-state index is 0.0378. The Hall–Kier alpha value is -1.36. The number of hydrogen-bond donors (Lipinski definition) is 2. The van der Waals surface area contributed by atoms with E-state index >= 15 is 0 Å². The highest BCUT2D eigenvalue weighted by atomic mass is 32.1. The van der Waals surface area contributed by atoms with Crippen molar-refractivity contribution >= 4 is 11.3 Å². The summed E-state index contributed by atoms with van der Waals surface area (Å²) in [7, 11) is 1.69. The van der Waals surface area contributed by atoms with Crippen LogP contribution in [-0.2, 0) is 13.0 Å². The highest BCUT2D eigenvalue weighted by molar-refractivity contribution is 7.09. The molecule has 4 heteroatoms. The second-order valence-electron chi connectivity index (χ2n) is 5.55. The Labute approximate surface area is 131 Å². The number of nitrogens with two attached hydrogens (primary N) is 1. The fourth-order valence-electron chi connectivity index (χ4n) is 2.19. The smallest absolute Gasteiger partial charge is 0.118 e. The number of nitrogens with one attached hydrogen (secondary N) is 1. The number of hydrogen-bond acceptors (Lipinski definition) is 4. The van der Waals surface area contributed by atoms with Gasteiger partial charge >= 0.3 is 0 Å². The normalized spacial score (nSPS) is 13.9. The minimum atomic E-state index is -0.0378. The number of rotatable bonds is 8. The molecule has 21 heavy (non-hydrogen) atoms. The Morgan fingerprint density at radius 2 is 2.00 bits per heavy atom. The van der Waals surface area contributed by atoms with Gasteiger partial charge in [-0.25, -0.2) is 0 Å². The second kappa shape index (κ2) is 7.59. The molecule has 0 saturated carbocycles. The van der Waals surface area contributed by atoms with E-state index in [0.29, 0.717) is 6.54 Å². The van der Waals surface area contributed by atoms with Gasteiger partial charge in [0.15, 0.2) is 0 Å². The molecule has 0 amide bonds. The minimum Gasteiger partial charge on any atom is -0.497 e. The van der Waals surface area contributed by atoms with Crippen molar-refractivity contribution in [3.63, 3.8) is 0 Å². The summed E-state index contributed by atoms with van der Waals surface area (Å²) in [6.07, 6.45) is 2.02. The number of aryl methyl sites for hydroxylation is 1. The largest absolute Gasteiger partial charge is 0.497 e. The van der Waals surface area contributed by atoms with Gasteiger partial charge in [0.25, 0.3) is 0 Å². The summed E-state index contributed by atoms with van der Waals surface area (Å²) in [6.45, 7) is 3.71. The lowest BCUT2D eigenvalue weighted by Crippen LogP contribution is -2.48. The fraction of sp³-hybridized carbons (Fsp3) is 0.412. The lowest BCUT2D eigenvalue weighted by Gasteiger charge is -2.29. The molecular weight excluding hydrogens is 280 g/mol. The Balaban J connectivity index is 1.87. The molecule has 2 aromatic rings. The maximum Gasteiger partial charge on any atom is 0.118 e. The van der Waals surface area contributed by atoms with Gasteiger partial charge in [-0.3, -0.25) is 0 Å². The van der Waals surface area contributed by atoms with Gasteiger partial charge in [-0.2, -0.15) is 0 Å². The van der Waals surface area contributed by atoms with E-state index in [-0.39, 0.29) is 5.54 Å². The van der Waals surface area contributed by atoms with Crippen molar-refractivity contribution in [2.75, 3.05) is 13.7 Å². The summed E-state index contributed by atoms with van der Waals surface area (Å²) in [5.74, 6) is 0.899. The van der Waals surface area contributed by atoms with Crippen LogP contribution in [0.3, 0.4) is 0 Å². The van der Waals surface area contributed by atoms with Crippen LogP contribution in [0.4, 0.5) is 0 Å². The third-order valence-electron chi connectivity index (χ3n) is 3.84. The van der Waals surface area contributed by atoms with E-state index < -0.39 is 0 Å². The van der Waals surface area contributed by atoms with Crippen LogP contribution in [0.1, 0.15) is 23.8 Å².